The van der Waals surface area contributed by atoms with E-state index in [2.05, 4.69) is 4.98 Å². The molecule has 0 fully saturated rings. The Morgan fingerprint density at radius 3 is 2.67 bits per heavy atom. The third-order valence-corrected chi connectivity index (χ3v) is 3.44. The highest BCUT2D eigenvalue weighted by Crippen LogP contribution is 2.22. The smallest absolute Gasteiger partial charge is 0.187 e. The monoisotopic (exact) mass is 299 g/mol. The molecule has 1 heterocycles. The molecule has 0 amide bonds. The summed E-state index contributed by atoms with van der Waals surface area (Å²) in [5.74, 6) is -0.417. The number of hydrogen-bond donors (Lipinski definition) is 1. The lowest BCUT2D eigenvalue weighted by Gasteiger charge is -1.95. The molecular formula is C17H11ClFNO. The molecule has 0 saturated heterocycles. The van der Waals surface area contributed by atoms with Gasteiger partial charge in [0.25, 0.3) is 0 Å². The van der Waals surface area contributed by atoms with Crippen molar-refractivity contribution in [3.05, 3.63) is 76.7 Å². The van der Waals surface area contributed by atoms with Gasteiger partial charge in [0.15, 0.2) is 5.78 Å². The predicted octanol–water partition coefficient (Wildman–Crippen LogP) is 4.86. The molecule has 0 aliphatic rings. The lowest BCUT2D eigenvalue weighted by molar-refractivity contribution is 0.104. The van der Waals surface area contributed by atoms with Crippen molar-refractivity contribution in [3.8, 4) is 0 Å². The van der Waals surface area contributed by atoms with Gasteiger partial charge in [-0.15, -0.1) is 0 Å². The lowest BCUT2D eigenvalue weighted by Crippen LogP contribution is -1.92. The Balaban J connectivity index is 1.88. The molecule has 0 unspecified atom stereocenters. The van der Waals surface area contributed by atoms with Crippen LogP contribution < -0.4 is 0 Å². The van der Waals surface area contributed by atoms with Gasteiger partial charge in [-0.1, -0.05) is 35.9 Å². The van der Waals surface area contributed by atoms with E-state index in [-0.39, 0.29) is 11.6 Å². The fourth-order valence-corrected chi connectivity index (χ4v) is 2.31. The maximum atomic E-state index is 12.8. The van der Waals surface area contributed by atoms with E-state index in [9.17, 15) is 9.18 Å². The number of benzene rings is 2. The summed E-state index contributed by atoms with van der Waals surface area (Å²) >= 11 is 5.91. The minimum absolute atomic E-state index is 0.118. The van der Waals surface area contributed by atoms with Gasteiger partial charge in [0.1, 0.15) is 5.82 Å². The highest BCUT2D eigenvalue weighted by Gasteiger charge is 2.09. The fourth-order valence-electron chi connectivity index (χ4n) is 2.14. The van der Waals surface area contributed by atoms with E-state index < -0.39 is 0 Å². The molecule has 0 aliphatic heterocycles. The summed E-state index contributed by atoms with van der Waals surface area (Å²) < 4.78 is 12.8. The quantitative estimate of drug-likeness (QED) is 0.544. The molecule has 104 valence electrons. The van der Waals surface area contributed by atoms with Gasteiger partial charge in [-0.3, -0.25) is 4.79 Å². The number of ketones is 1. The zero-order chi connectivity index (χ0) is 14.8. The Hall–Kier alpha value is -2.39. The maximum absolute atomic E-state index is 12.8. The topological polar surface area (TPSA) is 32.9 Å². The standard InChI is InChI=1S/C17H11ClFNO/c18-12-4-7-14-15(10-20-16(14)9-12)17(21)8-3-11-1-5-13(19)6-2-11/h1-10,20H/b8-3+. The molecule has 3 rings (SSSR count). The average Bonchev–Trinajstić information content (AvgIpc) is 2.89. The molecule has 4 heteroatoms. The van der Waals surface area contributed by atoms with E-state index in [0.29, 0.717) is 10.6 Å². The van der Waals surface area contributed by atoms with Gasteiger partial charge in [-0.25, -0.2) is 4.39 Å². The molecule has 0 bridgehead atoms. The van der Waals surface area contributed by atoms with Crippen molar-refractivity contribution in [2.24, 2.45) is 0 Å². The first-order valence-electron chi connectivity index (χ1n) is 6.38. The highest BCUT2D eigenvalue weighted by molar-refractivity contribution is 6.31. The summed E-state index contributed by atoms with van der Waals surface area (Å²) in [7, 11) is 0. The summed E-state index contributed by atoms with van der Waals surface area (Å²) in [6.07, 6.45) is 4.80. The molecule has 0 atom stereocenters. The number of aromatic nitrogens is 1. The third-order valence-electron chi connectivity index (χ3n) is 3.21. The minimum atomic E-state index is -0.299. The van der Waals surface area contributed by atoms with Crippen LogP contribution in [-0.4, -0.2) is 10.8 Å². The molecule has 21 heavy (non-hydrogen) atoms. The van der Waals surface area contributed by atoms with Crippen LogP contribution in [0.1, 0.15) is 15.9 Å². The van der Waals surface area contributed by atoms with Crippen LogP contribution in [0.2, 0.25) is 5.02 Å². The number of H-pyrrole nitrogens is 1. The highest BCUT2D eigenvalue weighted by atomic mass is 35.5. The first-order valence-corrected chi connectivity index (χ1v) is 6.76. The number of carbonyl (C=O) groups excluding carboxylic acids is 1. The third kappa shape index (κ3) is 2.88. The maximum Gasteiger partial charge on any atom is 0.187 e. The van der Waals surface area contributed by atoms with Crippen LogP contribution in [-0.2, 0) is 0 Å². The van der Waals surface area contributed by atoms with Crippen molar-refractivity contribution in [2.75, 3.05) is 0 Å². The van der Waals surface area contributed by atoms with Gasteiger partial charge in [-0.05, 0) is 35.9 Å². The van der Waals surface area contributed by atoms with Crippen LogP contribution in [0.3, 0.4) is 0 Å². The summed E-state index contributed by atoms with van der Waals surface area (Å²) in [6.45, 7) is 0. The molecule has 0 saturated carbocycles. The fraction of sp³-hybridized carbons (Fsp3) is 0. The Morgan fingerprint density at radius 1 is 1.14 bits per heavy atom. The predicted molar refractivity (Wildman–Crippen MR) is 83.1 cm³/mol. The van der Waals surface area contributed by atoms with Gasteiger partial charge < -0.3 is 4.98 Å². The molecule has 0 aliphatic carbocycles. The molecule has 0 radical (unpaired) electrons. The minimum Gasteiger partial charge on any atom is -0.360 e. The second-order valence-electron chi connectivity index (χ2n) is 4.64. The molecule has 3 aromatic rings. The van der Waals surface area contributed by atoms with Crippen LogP contribution in [0.15, 0.2) is 54.7 Å². The number of nitrogens with one attached hydrogen (secondary N) is 1. The van der Waals surface area contributed by atoms with Crippen molar-refractivity contribution in [1.29, 1.82) is 0 Å². The SMILES string of the molecule is O=C(/C=C/c1ccc(F)cc1)c1c[nH]c2cc(Cl)ccc12. The van der Waals surface area contributed by atoms with Crippen LogP contribution >= 0.6 is 11.6 Å². The molecule has 2 nitrogen and oxygen atoms in total. The molecule has 1 N–H and O–H groups in total. The summed E-state index contributed by atoms with van der Waals surface area (Å²) in [4.78, 5) is 15.3. The van der Waals surface area contributed by atoms with Crippen LogP contribution in [0.25, 0.3) is 17.0 Å². The molecule has 0 spiro atoms. The van der Waals surface area contributed by atoms with Crippen LogP contribution in [0.4, 0.5) is 4.39 Å². The Kier molecular flexibility index (Phi) is 3.59. The van der Waals surface area contributed by atoms with E-state index in [1.165, 1.54) is 18.2 Å². The van der Waals surface area contributed by atoms with Gasteiger partial charge >= 0.3 is 0 Å². The van der Waals surface area contributed by atoms with Crippen molar-refractivity contribution < 1.29 is 9.18 Å². The normalized spacial score (nSPS) is 11.3. The van der Waals surface area contributed by atoms with Crippen molar-refractivity contribution in [3.63, 3.8) is 0 Å². The Bertz CT molecular complexity index is 834. The number of carbonyl (C=O) groups is 1. The second-order valence-corrected chi connectivity index (χ2v) is 5.08. The number of halogens is 2. The Labute approximate surface area is 125 Å². The van der Waals surface area contributed by atoms with Gasteiger partial charge in [-0.2, -0.15) is 0 Å². The molecule has 1 aromatic heterocycles. The number of allylic oxidation sites excluding steroid dienone is 1. The molecule has 2 aromatic carbocycles. The zero-order valence-electron chi connectivity index (χ0n) is 10.9. The van der Waals surface area contributed by atoms with E-state index in [0.717, 1.165) is 16.5 Å². The van der Waals surface area contributed by atoms with Crippen LogP contribution in [0, 0.1) is 5.82 Å². The van der Waals surface area contributed by atoms with Crippen molar-refractivity contribution >= 4 is 34.4 Å². The number of aromatic amines is 1. The number of fused-ring (bicyclic) bond motifs is 1. The number of hydrogen-bond acceptors (Lipinski definition) is 1. The Morgan fingerprint density at radius 2 is 1.90 bits per heavy atom. The van der Waals surface area contributed by atoms with Crippen molar-refractivity contribution in [2.45, 2.75) is 0 Å². The second kappa shape index (κ2) is 5.54. The van der Waals surface area contributed by atoms with E-state index in [4.69, 9.17) is 11.6 Å². The first kappa shape index (κ1) is 13.6. The van der Waals surface area contributed by atoms with Gasteiger partial charge in [0.2, 0.25) is 0 Å². The summed E-state index contributed by atoms with van der Waals surface area (Å²) in [5.41, 5.74) is 2.17. The summed E-state index contributed by atoms with van der Waals surface area (Å²) in [5, 5.41) is 1.44. The van der Waals surface area contributed by atoms with Gasteiger partial charge in [0.05, 0.1) is 0 Å². The van der Waals surface area contributed by atoms with E-state index in [1.807, 2.05) is 6.07 Å². The van der Waals surface area contributed by atoms with Crippen LogP contribution in [0.5, 0.6) is 0 Å². The van der Waals surface area contributed by atoms with Crippen molar-refractivity contribution in [1.82, 2.24) is 4.98 Å². The van der Waals surface area contributed by atoms with Gasteiger partial charge in [0, 0.05) is 27.7 Å². The first-order chi connectivity index (χ1) is 10.1. The largest absolute Gasteiger partial charge is 0.360 e. The average molecular weight is 300 g/mol. The lowest BCUT2D eigenvalue weighted by atomic mass is 10.1. The zero-order valence-corrected chi connectivity index (χ0v) is 11.7. The number of rotatable bonds is 3. The summed E-state index contributed by atoms with van der Waals surface area (Å²) in [6, 6.07) is 11.3. The van der Waals surface area contributed by atoms with E-state index >= 15 is 0 Å². The molecular weight excluding hydrogens is 289 g/mol. The van der Waals surface area contributed by atoms with E-state index in [1.54, 1.807) is 36.5 Å².